The largest absolute Gasteiger partial charge is 0.0985 e. The minimum Gasteiger partial charge on any atom is -0.0985 e. The second-order valence-corrected chi connectivity index (χ2v) is 3.57. The standard InChI is InChI=1S/C7H7I/c1-2-7-3-5-8-6-4-7/h2-6H,1H2. The first-order valence-electron chi connectivity index (χ1n) is 2.38. The van der Waals surface area contributed by atoms with E-state index in [1.54, 1.807) is 0 Å². The summed E-state index contributed by atoms with van der Waals surface area (Å²) >= 11 is 0.252. The molecule has 0 spiro atoms. The van der Waals surface area contributed by atoms with Crippen molar-refractivity contribution >= 4 is 24.7 Å². The molecule has 0 aromatic heterocycles. The molecule has 1 aliphatic heterocycles. The molecule has 0 aromatic carbocycles. The number of hydrogen-bond donors (Lipinski definition) is 0. The molecule has 0 N–H and O–H groups in total. The number of halogens is 1. The molecule has 1 heteroatoms. The van der Waals surface area contributed by atoms with E-state index < -0.39 is 0 Å². The zero-order chi connectivity index (χ0) is 5.82. The van der Waals surface area contributed by atoms with Gasteiger partial charge in [-0.1, -0.05) is 33.4 Å². The SMILES string of the molecule is C=CC1=CC=IC=C1. The molecule has 0 nitrogen and oxygen atoms in total. The van der Waals surface area contributed by atoms with Gasteiger partial charge in [0.05, 0.1) is 0 Å². The number of hydrogen-bond acceptors (Lipinski definition) is 0. The molecule has 0 amide bonds. The lowest BCUT2D eigenvalue weighted by atomic mass is 10.2. The summed E-state index contributed by atoms with van der Waals surface area (Å²) < 4.78 is 4.46. The van der Waals surface area contributed by atoms with Gasteiger partial charge in [-0.05, 0) is 25.8 Å². The summed E-state index contributed by atoms with van der Waals surface area (Å²) in [4.78, 5) is 0. The lowest BCUT2D eigenvalue weighted by molar-refractivity contribution is 1.77. The van der Waals surface area contributed by atoms with Gasteiger partial charge in [-0.15, -0.1) is 0 Å². The van der Waals surface area contributed by atoms with Crippen molar-refractivity contribution in [3.8, 4) is 0 Å². The third-order valence-electron chi connectivity index (χ3n) is 0.892. The monoisotopic (exact) mass is 218 g/mol. The molecule has 1 rings (SSSR count). The summed E-state index contributed by atoms with van der Waals surface area (Å²) in [6, 6.07) is 0. The maximum Gasteiger partial charge on any atom is -0.0254 e. The minimum atomic E-state index is 0.252. The molecule has 8 heavy (non-hydrogen) atoms. The Labute approximate surface area is 59.3 Å². The van der Waals surface area contributed by atoms with Crippen LogP contribution in [0.1, 0.15) is 0 Å². The smallest absolute Gasteiger partial charge is 0.0254 e. The number of rotatable bonds is 1. The van der Waals surface area contributed by atoms with Crippen LogP contribution in [0.15, 0.2) is 34.5 Å². The van der Waals surface area contributed by atoms with Crippen molar-refractivity contribution < 1.29 is 0 Å². The van der Waals surface area contributed by atoms with Crippen molar-refractivity contribution in [2.45, 2.75) is 0 Å². The van der Waals surface area contributed by atoms with Gasteiger partial charge in [-0.2, -0.15) is 0 Å². The Morgan fingerprint density at radius 3 is 2.88 bits per heavy atom. The fourth-order valence-electron chi connectivity index (χ4n) is 0.452. The molecule has 0 radical (unpaired) electrons. The molecule has 0 fully saturated rings. The van der Waals surface area contributed by atoms with E-state index in [0.717, 1.165) is 0 Å². The summed E-state index contributed by atoms with van der Waals surface area (Å²) in [5, 5.41) is 0. The average molecular weight is 218 g/mol. The highest BCUT2D eigenvalue weighted by atomic mass is 127. The van der Waals surface area contributed by atoms with E-state index in [-0.39, 0.29) is 20.7 Å². The predicted octanol–water partition coefficient (Wildman–Crippen LogP) is 2.40. The van der Waals surface area contributed by atoms with Gasteiger partial charge in [-0.3, -0.25) is 0 Å². The molecule has 0 atom stereocenters. The van der Waals surface area contributed by atoms with Crippen molar-refractivity contribution in [3.63, 3.8) is 0 Å². The first kappa shape index (κ1) is 5.95. The molecule has 0 saturated heterocycles. The fourth-order valence-corrected chi connectivity index (χ4v) is 1.94. The normalized spacial score (nSPS) is 16.8. The van der Waals surface area contributed by atoms with E-state index in [1.807, 2.05) is 6.08 Å². The molecular weight excluding hydrogens is 211 g/mol. The van der Waals surface area contributed by atoms with Crippen molar-refractivity contribution in [2.75, 3.05) is 0 Å². The van der Waals surface area contributed by atoms with Gasteiger partial charge in [0.15, 0.2) is 0 Å². The second-order valence-electron chi connectivity index (χ2n) is 1.42. The average Bonchev–Trinajstić information content (AvgIpc) is 1.90. The van der Waals surface area contributed by atoms with Gasteiger partial charge in [0.1, 0.15) is 0 Å². The summed E-state index contributed by atoms with van der Waals surface area (Å²) in [7, 11) is 0. The van der Waals surface area contributed by atoms with E-state index in [4.69, 9.17) is 0 Å². The van der Waals surface area contributed by atoms with E-state index >= 15 is 0 Å². The van der Waals surface area contributed by atoms with Gasteiger partial charge in [-0.25, -0.2) is 0 Å². The highest BCUT2D eigenvalue weighted by Gasteiger charge is 1.82. The topological polar surface area (TPSA) is 0 Å². The minimum absolute atomic E-state index is 0.252. The zero-order valence-electron chi connectivity index (χ0n) is 4.47. The maximum atomic E-state index is 3.66. The lowest BCUT2D eigenvalue weighted by Crippen LogP contribution is -1.71. The Kier molecular flexibility index (Phi) is 2.21. The molecule has 1 heterocycles. The summed E-state index contributed by atoms with van der Waals surface area (Å²) in [5.41, 5.74) is 1.23. The van der Waals surface area contributed by atoms with Crippen molar-refractivity contribution in [3.05, 3.63) is 34.5 Å². The third-order valence-corrected chi connectivity index (χ3v) is 2.44. The van der Waals surface area contributed by atoms with Crippen LogP contribution < -0.4 is 0 Å². The summed E-state index contributed by atoms with van der Waals surface area (Å²) in [6.45, 7) is 3.66. The molecule has 0 bridgehead atoms. The lowest BCUT2D eigenvalue weighted by Gasteiger charge is -1.90. The van der Waals surface area contributed by atoms with Crippen LogP contribution in [0.4, 0.5) is 0 Å². The first-order chi connectivity index (χ1) is 3.93. The van der Waals surface area contributed by atoms with Crippen molar-refractivity contribution in [1.82, 2.24) is 0 Å². The van der Waals surface area contributed by atoms with Gasteiger partial charge in [0, 0.05) is 0 Å². The Bertz CT molecular complexity index is 173. The molecule has 1 aliphatic rings. The van der Waals surface area contributed by atoms with Gasteiger partial charge < -0.3 is 0 Å². The Morgan fingerprint density at radius 1 is 1.62 bits per heavy atom. The van der Waals surface area contributed by atoms with Crippen LogP contribution in [0, 0.1) is 0 Å². The molecule has 0 aromatic rings. The molecule has 0 unspecified atom stereocenters. The zero-order valence-corrected chi connectivity index (χ0v) is 6.63. The van der Waals surface area contributed by atoms with Crippen molar-refractivity contribution in [1.29, 1.82) is 0 Å². The van der Waals surface area contributed by atoms with Crippen LogP contribution in [0.3, 0.4) is 0 Å². The highest BCUT2D eigenvalue weighted by molar-refractivity contribution is 14.2. The van der Waals surface area contributed by atoms with Gasteiger partial charge in [0.2, 0.25) is 0 Å². The Morgan fingerprint density at radius 2 is 2.50 bits per heavy atom. The van der Waals surface area contributed by atoms with Crippen LogP contribution in [-0.4, -0.2) is 4.01 Å². The Hall–Kier alpha value is -0.180. The highest BCUT2D eigenvalue weighted by Crippen LogP contribution is 2.09. The first-order valence-corrected chi connectivity index (χ1v) is 4.87. The van der Waals surface area contributed by atoms with Crippen LogP contribution in [0.2, 0.25) is 0 Å². The predicted molar refractivity (Wildman–Crippen MR) is 47.5 cm³/mol. The summed E-state index contributed by atoms with van der Waals surface area (Å²) in [6.07, 6.45) is 6.12. The second kappa shape index (κ2) is 2.97. The summed E-state index contributed by atoms with van der Waals surface area (Å²) in [5.74, 6) is 0. The fraction of sp³-hybridized carbons (Fsp3) is 0. The molecular formula is C7H7I. The third kappa shape index (κ3) is 1.40. The van der Waals surface area contributed by atoms with Crippen LogP contribution in [-0.2, 0) is 0 Å². The van der Waals surface area contributed by atoms with E-state index in [0.29, 0.717) is 0 Å². The van der Waals surface area contributed by atoms with Crippen LogP contribution >= 0.6 is 20.7 Å². The van der Waals surface area contributed by atoms with Crippen molar-refractivity contribution in [2.24, 2.45) is 0 Å². The van der Waals surface area contributed by atoms with Crippen LogP contribution in [0.25, 0.3) is 0 Å². The molecule has 42 valence electrons. The quantitative estimate of drug-likeness (QED) is 0.593. The number of allylic oxidation sites excluding steroid dienone is 4. The van der Waals surface area contributed by atoms with E-state index in [1.165, 1.54) is 5.57 Å². The maximum absolute atomic E-state index is 3.66. The van der Waals surface area contributed by atoms with Gasteiger partial charge >= 0.3 is 0 Å². The molecule has 0 saturated carbocycles. The van der Waals surface area contributed by atoms with E-state index in [9.17, 15) is 0 Å². The Balaban J connectivity index is 2.82. The van der Waals surface area contributed by atoms with Gasteiger partial charge in [0.25, 0.3) is 0 Å². The molecule has 0 aliphatic carbocycles. The van der Waals surface area contributed by atoms with E-state index in [2.05, 4.69) is 26.8 Å². The van der Waals surface area contributed by atoms with Crippen LogP contribution in [0.5, 0.6) is 0 Å².